The molecule has 0 saturated heterocycles. The van der Waals surface area contributed by atoms with Gasteiger partial charge >= 0.3 is 0 Å². The van der Waals surface area contributed by atoms with E-state index in [1.165, 1.54) is 43.8 Å². The predicted molar refractivity (Wildman–Crippen MR) is 184 cm³/mol. The Hall–Kier alpha value is -5.74. The first-order valence-corrected chi connectivity index (χ1v) is 15.4. The van der Waals surface area contributed by atoms with Crippen molar-refractivity contribution < 1.29 is 4.42 Å². The Kier molecular flexibility index (Phi) is 4.76. The first-order chi connectivity index (χ1) is 22.1. The van der Waals surface area contributed by atoms with Crippen LogP contribution >= 0.6 is 0 Å². The van der Waals surface area contributed by atoms with Crippen molar-refractivity contribution in [2.45, 2.75) is 19.3 Å². The van der Waals surface area contributed by atoms with Gasteiger partial charge in [-0.3, -0.25) is 4.57 Å². The molecule has 0 amide bonds. The maximum Gasteiger partial charge on any atom is 0.233 e. The van der Waals surface area contributed by atoms with Gasteiger partial charge in [0.25, 0.3) is 0 Å². The van der Waals surface area contributed by atoms with Gasteiger partial charge in [-0.15, -0.1) is 0 Å². The maximum absolute atomic E-state index is 6.47. The number of rotatable bonds is 2. The topological polar surface area (TPSA) is 43.9 Å². The molecule has 1 aliphatic rings. The smallest absolute Gasteiger partial charge is 0.233 e. The summed E-state index contributed by atoms with van der Waals surface area (Å²) in [5.41, 5.74) is 9.67. The fourth-order valence-corrected chi connectivity index (χ4v) is 7.62. The first-order valence-electron chi connectivity index (χ1n) is 15.4. The van der Waals surface area contributed by atoms with Crippen LogP contribution in [0.5, 0.6) is 0 Å². The van der Waals surface area contributed by atoms with E-state index in [1.54, 1.807) is 0 Å². The molecule has 0 bridgehead atoms. The Bertz CT molecular complexity index is 2690. The fraction of sp³-hybridized carbons (Fsp3) is 0.0732. The second-order valence-corrected chi connectivity index (χ2v) is 12.6. The SMILES string of the molecule is CC1(C)c2ccccc2-c2ccc(-c3nc(-n4c5ccccc5c5cc6ccccc6cc54)c4c(n3)oc3ccccc34)cc21. The Morgan fingerprint density at radius 2 is 1.29 bits per heavy atom. The minimum atomic E-state index is -0.123. The average Bonchev–Trinajstić information content (AvgIpc) is 3.69. The maximum atomic E-state index is 6.47. The number of fused-ring (bicyclic) bond motifs is 10. The lowest BCUT2D eigenvalue weighted by Crippen LogP contribution is -2.15. The predicted octanol–water partition coefficient (Wildman–Crippen LogP) is 10.6. The molecule has 0 unspecified atom stereocenters. The lowest BCUT2D eigenvalue weighted by Gasteiger charge is -2.21. The number of benzene rings is 6. The quantitative estimate of drug-likeness (QED) is 0.205. The van der Waals surface area contributed by atoms with Crippen LogP contribution in [0.15, 0.2) is 132 Å². The molecule has 0 saturated carbocycles. The van der Waals surface area contributed by atoms with Crippen molar-refractivity contribution in [1.82, 2.24) is 14.5 Å². The fourth-order valence-electron chi connectivity index (χ4n) is 7.62. The summed E-state index contributed by atoms with van der Waals surface area (Å²) < 4.78 is 8.77. The highest BCUT2D eigenvalue weighted by Crippen LogP contribution is 2.49. The summed E-state index contributed by atoms with van der Waals surface area (Å²) in [6.07, 6.45) is 0. The molecule has 0 fully saturated rings. The molecular formula is C41H27N3O. The van der Waals surface area contributed by atoms with E-state index in [1.807, 2.05) is 12.1 Å². The highest BCUT2D eigenvalue weighted by molar-refractivity contribution is 6.16. The van der Waals surface area contributed by atoms with Gasteiger partial charge < -0.3 is 4.42 Å². The Labute approximate surface area is 259 Å². The standard InChI is InChI=1S/C41H27N3O/c1-41(2)32-16-8-5-13-27(32)28-20-19-26(22-33(28)41)38-42-39(37-30-15-7-10-18-36(30)45-40(37)43-38)44-34-17-9-6-14-29(34)31-21-24-11-3-4-12-25(24)23-35(31)44/h3-23H,1-2H3. The van der Waals surface area contributed by atoms with Gasteiger partial charge in [0.05, 0.1) is 16.4 Å². The summed E-state index contributed by atoms with van der Waals surface area (Å²) in [5.74, 6) is 1.47. The number of hydrogen-bond donors (Lipinski definition) is 0. The number of aromatic nitrogens is 3. The summed E-state index contributed by atoms with van der Waals surface area (Å²) in [6, 6.07) is 45.3. The molecule has 0 atom stereocenters. The van der Waals surface area contributed by atoms with Crippen molar-refractivity contribution in [1.29, 1.82) is 0 Å². The number of furan rings is 1. The molecule has 6 aromatic carbocycles. The van der Waals surface area contributed by atoms with Crippen molar-refractivity contribution in [3.05, 3.63) is 139 Å². The van der Waals surface area contributed by atoms with Crippen molar-refractivity contribution in [3.63, 3.8) is 0 Å². The molecule has 0 spiro atoms. The summed E-state index contributed by atoms with van der Waals surface area (Å²) in [6.45, 7) is 4.61. The number of para-hydroxylation sites is 2. The highest BCUT2D eigenvalue weighted by atomic mass is 16.3. The van der Waals surface area contributed by atoms with Crippen molar-refractivity contribution in [2.75, 3.05) is 0 Å². The molecule has 0 aliphatic heterocycles. The third-order valence-corrected chi connectivity index (χ3v) is 9.81. The monoisotopic (exact) mass is 577 g/mol. The molecule has 212 valence electrons. The van der Waals surface area contributed by atoms with Crippen LogP contribution < -0.4 is 0 Å². The van der Waals surface area contributed by atoms with E-state index in [-0.39, 0.29) is 5.41 Å². The van der Waals surface area contributed by atoms with E-state index in [0.717, 1.165) is 38.8 Å². The molecule has 9 aromatic rings. The third kappa shape index (κ3) is 3.31. The Balaban J connectivity index is 1.31. The number of nitrogens with zero attached hydrogens (tertiary/aromatic N) is 3. The van der Waals surface area contributed by atoms with Crippen LogP contribution in [-0.2, 0) is 5.41 Å². The van der Waals surface area contributed by atoms with Crippen LogP contribution in [0.4, 0.5) is 0 Å². The van der Waals surface area contributed by atoms with Gasteiger partial charge in [0.2, 0.25) is 5.71 Å². The molecular weight excluding hydrogens is 550 g/mol. The summed E-state index contributed by atoms with van der Waals surface area (Å²) in [5, 5.41) is 6.72. The van der Waals surface area contributed by atoms with Crippen LogP contribution in [0.2, 0.25) is 0 Å². The van der Waals surface area contributed by atoms with Gasteiger partial charge in [-0.05, 0) is 63.4 Å². The van der Waals surface area contributed by atoms with E-state index in [2.05, 4.69) is 134 Å². The van der Waals surface area contributed by atoms with E-state index in [0.29, 0.717) is 11.5 Å². The Morgan fingerprint density at radius 1 is 0.578 bits per heavy atom. The van der Waals surface area contributed by atoms with Gasteiger partial charge in [-0.2, -0.15) is 4.98 Å². The summed E-state index contributed by atoms with van der Waals surface area (Å²) in [4.78, 5) is 10.5. The zero-order chi connectivity index (χ0) is 29.9. The second-order valence-electron chi connectivity index (χ2n) is 12.6. The zero-order valence-electron chi connectivity index (χ0n) is 24.9. The molecule has 10 rings (SSSR count). The molecule has 4 heteroatoms. The first kappa shape index (κ1) is 24.7. The number of hydrogen-bond acceptors (Lipinski definition) is 3. The van der Waals surface area contributed by atoms with Crippen molar-refractivity contribution in [2.24, 2.45) is 0 Å². The molecule has 0 N–H and O–H groups in total. The van der Waals surface area contributed by atoms with Crippen LogP contribution in [0.1, 0.15) is 25.0 Å². The Morgan fingerprint density at radius 3 is 2.18 bits per heavy atom. The molecule has 0 radical (unpaired) electrons. The second kappa shape index (κ2) is 8.67. The zero-order valence-corrected chi connectivity index (χ0v) is 24.9. The van der Waals surface area contributed by atoms with Crippen LogP contribution in [0.3, 0.4) is 0 Å². The minimum absolute atomic E-state index is 0.123. The average molecular weight is 578 g/mol. The van der Waals surface area contributed by atoms with E-state index in [4.69, 9.17) is 14.4 Å². The van der Waals surface area contributed by atoms with E-state index in [9.17, 15) is 0 Å². The van der Waals surface area contributed by atoms with Gasteiger partial charge in [0.1, 0.15) is 5.58 Å². The van der Waals surface area contributed by atoms with Gasteiger partial charge in [-0.1, -0.05) is 111 Å². The van der Waals surface area contributed by atoms with E-state index < -0.39 is 0 Å². The largest absolute Gasteiger partial charge is 0.437 e. The normalized spacial score (nSPS) is 13.7. The molecule has 4 nitrogen and oxygen atoms in total. The molecule has 3 heterocycles. The molecule has 45 heavy (non-hydrogen) atoms. The van der Waals surface area contributed by atoms with Crippen LogP contribution in [-0.4, -0.2) is 14.5 Å². The van der Waals surface area contributed by atoms with Crippen LogP contribution in [0, 0.1) is 0 Å². The van der Waals surface area contributed by atoms with Crippen molar-refractivity contribution in [3.8, 4) is 28.3 Å². The van der Waals surface area contributed by atoms with Crippen LogP contribution in [0.25, 0.3) is 83.0 Å². The van der Waals surface area contributed by atoms with Gasteiger partial charge in [0.15, 0.2) is 11.6 Å². The van der Waals surface area contributed by atoms with E-state index >= 15 is 0 Å². The lowest BCUT2D eigenvalue weighted by atomic mass is 9.82. The molecule has 3 aromatic heterocycles. The third-order valence-electron chi connectivity index (χ3n) is 9.81. The van der Waals surface area contributed by atoms with Gasteiger partial charge in [0, 0.05) is 27.1 Å². The van der Waals surface area contributed by atoms with Crippen molar-refractivity contribution >= 4 is 54.6 Å². The summed E-state index contributed by atoms with van der Waals surface area (Å²) >= 11 is 0. The summed E-state index contributed by atoms with van der Waals surface area (Å²) in [7, 11) is 0. The molecule has 1 aliphatic carbocycles. The lowest BCUT2D eigenvalue weighted by molar-refractivity contribution is 0.653. The van der Waals surface area contributed by atoms with Gasteiger partial charge in [-0.25, -0.2) is 4.98 Å². The minimum Gasteiger partial charge on any atom is -0.437 e. The highest BCUT2D eigenvalue weighted by Gasteiger charge is 2.35.